The Morgan fingerprint density at radius 1 is 1.05 bits per heavy atom. The van der Waals surface area contributed by atoms with Gasteiger partial charge in [0.2, 0.25) is 5.88 Å². The number of piperidine rings is 1. The molecule has 0 aliphatic carbocycles. The van der Waals surface area contributed by atoms with E-state index in [1.807, 2.05) is 25.1 Å². The Morgan fingerprint density at radius 2 is 1.90 bits per heavy atom. The largest absolute Gasteiger partial charge is 0.496 e. The van der Waals surface area contributed by atoms with Crippen LogP contribution in [0, 0.1) is 24.1 Å². The van der Waals surface area contributed by atoms with Gasteiger partial charge in [0, 0.05) is 60.0 Å². The number of likely N-dealkylation sites (tertiary alicyclic amines) is 1. The quantitative estimate of drug-likeness (QED) is 0.251. The first kappa shape index (κ1) is 24.8. The van der Waals surface area contributed by atoms with Gasteiger partial charge in [-0.1, -0.05) is 6.07 Å². The molecule has 2 aromatic carbocycles. The Hall–Kier alpha value is -4.55. The van der Waals surface area contributed by atoms with Gasteiger partial charge in [-0.3, -0.25) is 9.88 Å². The molecule has 0 atom stereocenters. The summed E-state index contributed by atoms with van der Waals surface area (Å²) in [6.45, 7) is 4.15. The molecule has 6 rings (SSSR count). The molecule has 9 heteroatoms. The highest BCUT2D eigenvalue weighted by atomic mass is 19.1. The van der Waals surface area contributed by atoms with Crippen LogP contribution >= 0.6 is 0 Å². The van der Waals surface area contributed by atoms with Crippen molar-refractivity contribution in [2.24, 2.45) is 0 Å². The SMILES string of the molecule is COc1cc(Oc2ccccn2)ccc1-c1cc2c(cc1F)ncc1nc(C)n(C3CCN(CC#N)CC3)c12. The molecular weight excluding hydrogens is 495 g/mol. The zero-order chi connectivity index (χ0) is 26.9. The minimum absolute atomic E-state index is 0.238. The van der Waals surface area contributed by atoms with Crippen molar-refractivity contribution in [3.8, 4) is 34.6 Å². The molecule has 0 radical (unpaired) electrons. The van der Waals surface area contributed by atoms with Crippen LogP contribution in [0.15, 0.2) is 60.9 Å². The summed E-state index contributed by atoms with van der Waals surface area (Å²) in [5, 5.41) is 9.90. The smallest absolute Gasteiger partial charge is 0.219 e. The average Bonchev–Trinajstić information content (AvgIpc) is 3.30. The van der Waals surface area contributed by atoms with Crippen molar-refractivity contribution in [3.63, 3.8) is 0 Å². The van der Waals surface area contributed by atoms with Crippen molar-refractivity contribution < 1.29 is 13.9 Å². The topological polar surface area (TPSA) is 89.1 Å². The van der Waals surface area contributed by atoms with Crippen LogP contribution in [-0.4, -0.2) is 51.2 Å². The van der Waals surface area contributed by atoms with Crippen LogP contribution in [0.4, 0.5) is 4.39 Å². The molecular formula is C30H27FN6O2. The first-order chi connectivity index (χ1) is 19.1. The van der Waals surface area contributed by atoms with Crippen molar-refractivity contribution >= 4 is 21.9 Å². The Balaban J connectivity index is 1.44. The number of rotatable bonds is 6. The molecule has 1 fully saturated rings. The summed E-state index contributed by atoms with van der Waals surface area (Å²) in [7, 11) is 1.55. The van der Waals surface area contributed by atoms with E-state index in [1.54, 1.807) is 43.8 Å². The molecule has 0 N–H and O–H groups in total. The highest BCUT2D eigenvalue weighted by Gasteiger charge is 2.25. The maximum Gasteiger partial charge on any atom is 0.219 e. The fourth-order valence-electron chi connectivity index (χ4n) is 5.49. The van der Waals surface area contributed by atoms with Crippen molar-refractivity contribution in [1.82, 2.24) is 24.4 Å². The molecule has 0 unspecified atom stereocenters. The Labute approximate surface area is 225 Å². The van der Waals surface area contributed by atoms with E-state index >= 15 is 4.39 Å². The third kappa shape index (κ3) is 4.64. The Bertz CT molecular complexity index is 1700. The number of hydrogen-bond donors (Lipinski definition) is 0. The lowest BCUT2D eigenvalue weighted by molar-refractivity contribution is 0.206. The van der Waals surface area contributed by atoms with E-state index in [0.29, 0.717) is 40.6 Å². The van der Waals surface area contributed by atoms with Crippen LogP contribution in [0.3, 0.4) is 0 Å². The van der Waals surface area contributed by atoms with E-state index in [-0.39, 0.29) is 6.04 Å². The molecule has 196 valence electrons. The number of hydrogen-bond acceptors (Lipinski definition) is 7. The second-order valence-corrected chi connectivity index (χ2v) is 9.67. The van der Waals surface area contributed by atoms with Gasteiger partial charge >= 0.3 is 0 Å². The lowest BCUT2D eigenvalue weighted by Crippen LogP contribution is -2.35. The van der Waals surface area contributed by atoms with E-state index in [2.05, 4.69) is 25.5 Å². The summed E-state index contributed by atoms with van der Waals surface area (Å²) in [4.78, 5) is 15.7. The summed E-state index contributed by atoms with van der Waals surface area (Å²) < 4.78 is 29.3. The fraction of sp³-hybridized carbons (Fsp3) is 0.267. The molecule has 4 heterocycles. The van der Waals surface area contributed by atoms with Gasteiger partial charge in [0.25, 0.3) is 0 Å². The number of aromatic nitrogens is 4. The van der Waals surface area contributed by atoms with Gasteiger partial charge in [-0.05, 0) is 44.0 Å². The predicted molar refractivity (Wildman–Crippen MR) is 146 cm³/mol. The number of imidazole rings is 1. The maximum absolute atomic E-state index is 15.6. The van der Waals surface area contributed by atoms with Crippen LogP contribution in [0.1, 0.15) is 24.7 Å². The Kier molecular flexibility index (Phi) is 6.55. The van der Waals surface area contributed by atoms with Crippen LogP contribution in [0.25, 0.3) is 33.1 Å². The van der Waals surface area contributed by atoms with Crippen molar-refractivity contribution in [2.45, 2.75) is 25.8 Å². The molecule has 1 saturated heterocycles. The minimum atomic E-state index is -0.390. The number of pyridine rings is 2. The normalized spacial score (nSPS) is 14.5. The average molecular weight is 523 g/mol. The third-order valence-corrected chi connectivity index (χ3v) is 7.32. The summed E-state index contributed by atoms with van der Waals surface area (Å²) in [6.07, 6.45) is 5.20. The summed E-state index contributed by atoms with van der Waals surface area (Å²) >= 11 is 0. The molecule has 1 aliphatic rings. The van der Waals surface area contributed by atoms with Gasteiger partial charge in [-0.15, -0.1) is 0 Å². The number of aryl methyl sites for hydroxylation is 1. The zero-order valence-corrected chi connectivity index (χ0v) is 21.8. The maximum atomic E-state index is 15.6. The number of nitriles is 1. The monoisotopic (exact) mass is 522 g/mol. The second-order valence-electron chi connectivity index (χ2n) is 9.67. The summed E-state index contributed by atoms with van der Waals surface area (Å²) in [5.41, 5.74) is 3.32. The number of nitrogens with zero attached hydrogens (tertiary/aromatic N) is 6. The number of benzene rings is 2. The molecule has 1 aliphatic heterocycles. The number of methoxy groups -OCH3 is 1. The second kappa shape index (κ2) is 10.3. The molecule has 3 aromatic heterocycles. The molecule has 0 bridgehead atoms. The van der Waals surface area contributed by atoms with Crippen molar-refractivity contribution in [2.75, 3.05) is 26.7 Å². The lowest BCUT2D eigenvalue weighted by Gasteiger charge is -2.32. The predicted octanol–water partition coefficient (Wildman–Crippen LogP) is 6.06. The van der Waals surface area contributed by atoms with Crippen LogP contribution in [-0.2, 0) is 0 Å². The lowest BCUT2D eigenvalue weighted by atomic mass is 10.00. The molecule has 0 saturated carbocycles. The summed E-state index contributed by atoms with van der Waals surface area (Å²) in [6, 6.07) is 16.5. The fourth-order valence-corrected chi connectivity index (χ4v) is 5.49. The van der Waals surface area contributed by atoms with E-state index < -0.39 is 5.82 Å². The first-order valence-electron chi connectivity index (χ1n) is 12.9. The molecule has 39 heavy (non-hydrogen) atoms. The van der Waals surface area contributed by atoms with Crippen molar-refractivity contribution in [3.05, 3.63) is 72.6 Å². The Morgan fingerprint density at radius 3 is 2.64 bits per heavy atom. The van der Waals surface area contributed by atoms with Crippen LogP contribution < -0.4 is 9.47 Å². The standard InChI is InChI=1S/C30H27FN6O2/c1-19-35-27-18-34-26-17-25(31)23(16-24(26)30(27)37(19)20-8-12-36(13-9-20)14-10-32)22-7-6-21(15-28(22)38-2)39-29-5-3-4-11-33-29/h3-7,11,15-18,20H,8-9,12-14H2,1-2H3. The van der Waals surface area contributed by atoms with E-state index in [1.165, 1.54) is 6.07 Å². The van der Waals surface area contributed by atoms with Gasteiger partial charge in [-0.25, -0.2) is 14.4 Å². The molecule has 5 aromatic rings. The van der Waals surface area contributed by atoms with E-state index in [4.69, 9.17) is 19.7 Å². The van der Waals surface area contributed by atoms with Gasteiger partial charge in [0.05, 0.1) is 37.0 Å². The van der Waals surface area contributed by atoms with E-state index in [9.17, 15) is 0 Å². The zero-order valence-electron chi connectivity index (χ0n) is 21.8. The third-order valence-electron chi connectivity index (χ3n) is 7.32. The van der Waals surface area contributed by atoms with E-state index in [0.717, 1.165) is 48.2 Å². The van der Waals surface area contributed by atoms with Crippen LogP contribution in [0.5, 0.6) is 17.4 Å². The number of halogens is 1. The molecule has 8 nitrogen and oxygen atoms in total. The summed E-state index contributed by atoms with van der Waals surface area (Å²) in [5.74, 6) is 1.99. The van der Waals surface area contributed by atoms with Gasteiger partial charge in [0.15, 0.2) is 0 Å². The first-order valence-corrected chi connectivity index (χ1v) is 12.9. The van der Waals surface area contributed by atoms with Gasteiger partial charge < -0.3 is 14.0 Å². The van der Waals surface area contributed by atoms with Gasteiger partial charge in [-0.2, -0.15) is 5.26 Å². The van der Waals surface area contributed by atoms with Crippen LogP contribution in [0.2, 0.25) is 0 Å². The minimum Gasteiger partial charge on any atom is -0.496 e. The molecule has 0 amide bonds. The number of ether oxygens (including phenoxy) is 2. The molecule has 0 spiro atoms. The highest BCUT2D eigenvalue weighted by Crippen LogP contribution is 2.39. The number of fused-ring (bicyclic) bond motifs is 3. The van der Waals surface area contributed by atoms with Gasteiger partial charge in [0.1, 0.15) is 28.7 Å². The highest BCUT2D eigenvalue weighted by molar-refractivity contribution is 6.04. The van der Waals surface area contributed by atoms with Crippen molar-refractivity contribution in [1.29, 1.82) is 5.26 Å².